The van der Waals surface area contributed by atoms with E-state index in [0.717, 1.165) is 11.4 Å². The predicted octanol–water partition coefficient (Wildman–Crippen LogP) is 2.15. The topological polar surface area (TPSA) is 87.9 Å². The number of aromatic nitrogens is 2. The van der Waals surface area contributed by atoms with E-state index < -0.39 is 12.1 Å². The molecule has 2 aliphatic rings. The van der Waals surface area contributed by atoms with Gasteiger partial charge in [0.25, 0.3) is 0 Å². The number of carbonyl (C=O) groups is 2. The van der Waals surface area contributed by atoms with Crippen LogP contribution < -0.4 is 0 Å². The molecule has 0 spiro atoms. The zero-order valence-electron chi connectivity index (χ0n) is 17.9. The molecular formula is C21H24F4N4O4. The second kappa shape index (κ2) is 10.3. The van der Waals surface area contributed by atoms with Crippen LogP contribution in [0.2, 0.25) is 0 Å². The van der Waals surface area contributed by atoms with E-state index in [4.69, 9.17) is 14.6 Å². The SMILES string of the molecule is Cn1cnc2c1C(C(=O)N1CCOCC1)CN(Cc1ccccc1F)C2.O=C(O)C(F)(F)F. The van der Waals surface area contributed by atoms with Crippen molar-refractivity contribution in [2.24, 2.45) is 7.05 Å². The summed E-state index contributed by atoms with van der Waals surface area (Å²) in [6.07, 6.45) is -3.32. The average molecular weight is 472 g/mol. The highest BCUT2D eigenvalue weighted by Gasteiger charge is 2.38. The lowest BCUT2D eigenvalue weighted by Crippen LogP contribution is -2.47. The summed E-state index contributed by atoms with van der Waals surface area (Å²) in [6.45, 7) is 4.06. The van der Waals surface area contributed by atoms with Gasteiger partial charge in [-0.05, 0) is 6.07 Å². The lowest BCUT2D eigenvalue weighted by Gasteiger charge is -2.36. The number of hydrogen-bond acceptors (Lipinski definition) is 5. The Hall–Kier alpha value is -2.99. The number of alkyl halides is 3. The third-order valence-electron chi connectivity index (χ3n) is 5.42. The molecule has 1 fully saturated rings. The number of fused-ring (bicyclic) bond motifs is 1. The second-order valence-electron chi connectivity index (χ2n) is 7.74. The molecule has 4 rings (SSSR count). The molecule has 3 heterocycles. The molecule has 0 saturated carbocycles. The monoisotopic (exact) mass is 472 g/mol. The van der Waals surface area contributed by atoms with Gasteiger partial charge in [-0.25, -0.2) is 14.2 Å². The minimum atomic E-state index is -5.08. The number of carboxylic acids is 1. The molecule has 1 atom stereocenters. The molecule has 8 nitrogen and oxygen atoms in total. The molecular weight excluding hydrogens is 448 g/mol. The van der Waals surface area contributed by atoms with E-state index in [-0.39, 0.29) is 17.6 Å². The van der Waals surface area contributed by atoms with Crippen molar-refractivity contribution in [3.8, 4) is 0 Å². The first kappa shape index (κ1) is 24.6. The lowest BCUT2D eigenvalue weighted by molar-refractivity contribution is -0.192. The van der Waals surface area contributed by atoms with E-state index in [0.29, 0.717) is 51.5 Å². The van der Waals surface area contributed by atoms with Crippen molar-refractivity contribution in [3.05, 3.63) is 53.4 Å². The van der Waals surface area contributed by atoms with Crippen LogP contribution in [0.3, 0.4) is 0 Å². The number of amides is 1. The molecule has 12 heteroatoms. The Bertz CT molecular complexity index is 989. The van der Waals surface area contributed by atoms with Gasteiger partial charge in [0.15, 0.2) is 0 Å². The number of nitrogens with zero attached hydrogens (tertiary/aromatic N) is 4. The summed E-state index contributed by atoms with van der Waals surface area (Å²) in [5, 5.41) is 7.12. The summed E-state index contributed by atoms with van der Waals surface area (Å²) in [5.74, 6) is -3.14. The Morgan fingerprint density at radius 3 is 2.45 bits per heavy atom. The molecule has 2 aliphatic heterocycles. The van der Waals surface area contributed by atoms with Crippen LogP contribution in [-0.4, -0.2) is 75.4 Å². The van der Waals surface area contributed by atoms with Crippen molar-refractivity contribution >= 4 is 11.9 Å². The zero-order chi connectivity index (χ0) is 24.2. The molecule has 1 amide bonds. The molecule has 0 bridgehead atoms. The Balaban J connectivity index is 0.000000383. The third kappa shape index (κ3) is 6.08. The van der Waals surface area contributed by atoms with Crippen LogP contribution in [0.25, 0.3) is 0 Å². The summed E-state index contributed by atoms with van der Waals surface area (Å²) in [7, 11) is 1.93. The van der Waals surface area contributed by atoms with Gasteiger partial charge in [0.05, 0.1) is 36.8 Å². The lowest BCUT2D eigenvalue weighted by atomic mass is 9.95. The fraction of sp³-hybridized carbons (Fsp3) is 0.476. The molecule has 33 heavy (non-hydrogen) atoms. The normalized spacial score (nSPS) is 18.8. The van der Waals surface area contributed by atoms with Crippen LogP contribution in [0, 0.1) is 5.82 Å². The van der Waals surface area contributed by atoms with E-state index in [9.17, 15) is 22.4 Å². The number of morpholine rings is 1. The fourth-order valence-electron chi connectivity index (χ4n) is 3.87. The molecule has 1 saturated heterocycles. The average Bonchev–Trinajstić information content (AvgIpc) is 3.15. The minimum absolute atomic E-state index is 0.108. The highest BCUT2D eigenvalue weighted by Crippen LogP contribution is 2.30. The number of imidazole rings is 1. The van der Waals surface area contributed by atoms with Gasteiger partial charge in [-0.2, -0.15) is 13.2 Å². The van der Waals surface area contributed by atoms with Gasteiger partial charge in [0.1, 0.15) is 5.82 Å². The first-order valence-electron chi connectivity index (χ1n) is 10.2. The van der Waals surface area contributed by atoms with E-state index in [1.165, 1.54) is 6.07 Å². The molecule has 0 aliphatic carbocycles. The van der Waals surface area contributed by atoms with E-state index in [1.807, 2.05) is 22.6 Å². The smallest absolute Gasteiger partial charge is 0.475 e. The standard InChI is InChI=1S/C19H23FN4O2.C2HF3O2/c1-22-13-21-17-12-23(10-14-4-2-3-5-16(14)20)11-15(18(17)22)19(25)24-6-8-26-9-7-24;3-2(4,5)1(6)7/h2-5,13,15H,6-12H2,1H3;(H,6,7). The maximum atomic E-state index is 14.1. The summed E-state index contributed by atoms with van der Waals surface area (Å²) < 4.78 is 53.1. The molecule has 1 unspecified atom stereocenters. The Labute approximate surface area is 187 Å². The van der Waals surface area contributed by atoms with E-state index >= 15 is 0 Å². The Morgan fingerprint density at radius 2 is 1.85 bits per heavy atom. The summed E-state index contributed by atoms with van der Waals surface area (Å²) in [4.78, 5) is 30.5. The van der Waals surface area contributed by atoms with Gasteiger partial charge in [-0.15, -0.1) is 0 Å². The molecule has 0 radical (unpaired) electrons. The van der Waals surface area contributed by atoms with Gasteiger partial charge in [-0.3, -0.25) is 9.69 Å². The Kier molecular flexibility index (Phi) is 7.69. The van der Waals surface area contributed by atoms with Gasteiger partial charge >= 0.3 is 12.1 Å². The summed E-state index contributed by atoms with van der Waals surface area (Å²) >= 11 is 0. The van der Waals surface area contributed by atoms with Gasteiger partial charge in [0, 0.05) is 45.3 Å². The van der Waals surface area contributed by atoms with Crippen LogP contribution in [0.1, 0.15) is 22.9 Å². The summed E-state index contributed by atoms with van der Waals surface area (Å²) in [6, 6.07) is 6.80. The number of rotatable bonds is 3. The van der Waals surface area contributed by atoms with Crippen LogP contribution in [0.5, 0.6) is 0 Å². The van der Waals surface area contributed by atoms with Gasteiger partial charge in [0.2, 0.25) is 5.91 Å². The van der Waals surface area contributed by atoms with Crippen molar-refractivity contribution < 1.29 is 37.0 Å². The number of aliphatic carboxylic acids is 1. The predicted molar refractivity (Wildman–Crippen MR) is 108 cm³/mol. The largest absolute Gasteiger partial charge is 0.490 e. The van der Waals surface area contributed by atoms with E-state index in [1.54, 1.807) is 18.5 Å². The van der Waals surface area contributed by atoms with Gasteiger partial charge < -0.3 is 19.3 Å². The highest BCUT2D eigenvalue weighted by atomic mass is 19.4. The van der Waals surface area contributed by atoms with Crippen molar-refractivity contribution in [1.29, 1.82) is 0 Å². The fourth-order valence-corrected chi connectivity index (χ4v) is 3.87. The van der Waals surface area contributed by atoms with Crippen molar-refractivity contribution in [3.63, 3.8) is 0 Å². The number of carbonyl (C=O) groups excluding carboxylic acids is 1. The van der Waals surface area contributed by atoms with E-state index in [2.05, 4.69) is 9.88 Å². The van der Waals surface area contributed by atoms with Crippen molar-refractivity contribution in [1.82, 2.24) is 19.4 Å². The number of halogens is 4. The molecule has 1 aromatic heterocycles. The zero-order valence-corrected chi connectivity index (χ0v) is 17.9. The maximum Gasteiger partial charge on any atom is 0.490 e. The molecule has 2 aromatic rings. The molecule has 1 aromatic carbocycles. The van der Waals surface area contributed by atoms with Crippen LogP contribution in [0.15, 0.2) is 30.6 Å². The molecule has 180 valence electrons. The number of aryl methyl sites for hydroxylation is 1. The van der Waals surface area contributed by atoms with Crippen molar-refractivity contribution in [2.45, 2.75) is 25.2 Å². The Morgan fingerprint density at radius 1 is 1.21 bits per heavy atom. The maximum absolute atomic E-state index is 14.1. The minimum Gasteiger partial charge on any atom is -0.475 e. The van der Waals surface area contributed by atoms with Crippen LogP contribution in [-0.2, 0) is 34.5 Å². The van der Waals surface area contributed by atoms with Crippen LogP contribution in [0.4, 0.5) is 17.6 Å². The van der Waals surface area contributed by atoms with Gasteiger partial charge in [-0.1, -0.05) is 18.2 Å². The highest BCUT2D eigenvalue weighted by molar-refractivity contribution is 5.84. The number of benzene rings is 1. The van der Waals surface area contributed by atoms with Crippen LogP contribution >= 0.6 is 0 Å². The quantitative estimate of drug-likeness (QED) is 0.689. The number of hydrogen-bond donors (Lipinski definition) is 1. The molecule has 1 N–H and O–H groups in total. The van der Waals surface area contributed by atoms with Crippen molar-refractivity contribution in [2.75, 3.05) is 32.8 Å². The second-order valence-corrected chi connectivity index (χ2v) is 7.74. The number of carboxylic acid groups (broad SMARTS) is 1. The third-order valence-corrected chi connectivity index (χ3v) is 5.42. The summed E-state index contributed by atoms with van der Waals surface area (Å²) in [5.41, 5.74) is 2.53. The first-order valence-corrected chi connectivity index (χ1v) is 10.2. The number of ether oxygens (including phenoxy) is 1. The first-order chi connectivity index (χ1) is 15.6.